The Morgan fingerprint density at radius 3 is 2.06 bits per heavy atom. The quantitative estimate of drug-likeness (QED) is 0.800. The van der Waals surface area contributed by atoms with Crippen molar-refractivity contribution in [1.82, 2.24) is 9.80 Å². The van der Waals surface area contributed by atoms with E-state index in [1.807, 2.05) is 31.2 Å². The maximum absolute atomic E-state index is 11.9. The molecule has 0 atom stereocenters. The van der Waals surface area contributed by atoms with Gasteiger partial charge in [-0.25, -0.2) is 0 Å². The first-order chi connectivity index (χ1) is 8.40. The van der Waals surface area contributed by atoms with Gasteiger partial charge in [0.1, 0.15) is 0 Å². The maximum Gasteiger partial charge on any atom is 0.241 e. The van der Waals surface area contributed by atoms with Crippen LogP contribution in [-0.4, -0.2) is 49.3 Å². The van der Waals surface area contributed by atoms with Crippen molar-refractivity contribution in [2.24, 2.45) is 0 Å². The Labute approximate surface area is 108 Å². The highest BCUT2D eigenvalue weighted by Crippen LogP contribution is 2.05. The summed E-state index contributed by atoms with van der Waals surface area (Å²) in [6, 6.07) is 7.84. The van der Waals surface area contributed by atoms with Gasteiger partial charge in [-0.3, -0.25) is 9.59 Å². The van der Waals surface area contributed by atoms with Crippen molar-refractivity contribution in [1.29, 1.82) is 0 Å². The summed E-state index contributed by atoms with van der Waals surface area (Å²) in [5.41, 5.74) is 2.14. The molecule has 0 bridgehead atoms. The minimum absolute atomic E-state index is 0.0472. The molecule has 98 valence electrons. The molecule has 0 heterocycles. The number of nitrogens with zero attached hydrogens (tertiary/aromatic N) is 2. The van der Waals surface area contributed by atoms with Crippen LogP contribution in [-0.2, 0) is 16.0 Å². The lowest BCUT2D eigenvalue weighted by Crippen LogP contribution is -2.38. The fourth-order valence-electron chi connectivity index (χ4n) is 1.45. The van der Waals surface area contributed by atoms with Crippen LogP contribution in [0.5, 0.6) is 0 Å². The molecule has 2 amide bonds. The second-order valence-electron chi connectivity index (χ2n) is 4.70. The van der Waals surface area contributed by atoms with Gasteiger partial charge in [-0.1, -0.05) is 29.8 Å². The van der Waals surface area contributed by atoms with Crippen molar-refractivity contribution in [3.8, 4) is 0 Å². The summed E-state index contributed by atoms with van der Waals surface area (Å²) in [4.78, 5) is 26.3. The molecular formula is C14H20N2O2. The number of aryl methyl sites for hydroxylation is 1. The molecule has 0 aromatic heterocycles. The third-order valence-electron chi connectivity index (χ3n) is 2.77. The number of rotatable bonds is 4. The Morgan fingerprint density at radius 2 is 1.56 bits per heavy atom. The van der Waals surface area contributed by atoms with Crippen LogP contribution in [0.1, 0.15) is 11.1 Å². The topological polar surface area (TPSA) is 40.6 Å². The highest BCUT2D eigenvalue weighted by Gasteiger charge is 2.14. The number of carbonyl (C=O) groups is 2. The fourth-order valence-corrected chi connectivity index (χ4v) is 1.45. The van der Waals surface area contributed by atoms with Crippen LogP contribution in [0.4, 0.5) is 0 Å². The van der Waals surface area contributed by atoms with E-state index in [2.05, 4.69) is 0 Å². The zero-order chi connectivity index (χ0) is 13.7. The lowest BCUT2D eigenvalue weighted by Gasteiger charge is -2.19. The Hall–Kier alpha value is -1.84. The van der Waals surface area contributed by atoms with E-state index in [-0.39, 0.29) is 18.4 Å². The Morgan fingerprint density at radius 1 is 1.00 bits per heavy atom. The lowest BCUT2D eigenvalue weighted by molar-refractivity contribution is -0.137. The van der Waals surface area contributed by atoms with Crippen LogP contribution in [0.15, 0.2) is 24.3 Å². The monoisotopic (exact) mass is 248 g/mol. The minimum atomic E-state index is -0.0743. The second-order valence-corrected chi connectivity index (χ2v) is 4.70. The van der Waals surface area contributed by atoms with Gasteiger partial charge < -0.3 is 9.80 Å². The van der Waals surface area contributed by atoms with Gasteiger partial charge in [0.2, 0.25) is 11.8 Å². The zero-order valence-electron chi connectivity index (χ0n) is 11.4. The van der Waals surface area contributed by atoms with E-state index in [9.17, 15) is 9.59 Å². The van der Waals surface area contributed by atoms with E-state index in [0.717, 1.165) is 5.56 Å². The van der Waals surface area contributed by atoms with Crippen molar-refractivity contribution in [3.05, 3.63) is 35.4 Å². The van der Waals surface area contributed by atoms with E-state index in [4.69, 9.17) is 0 Å². The molecule has 0 aliphatic rings. The van der Waals surface area contributed by atoms with Crippen LogP contribution >= 0.6 is 0 Å². The molecule has 1 aromatic carbocycles. The predicted octanol–water partition coefficient (Wildman–Crippen LogP) is 1.08. The highest BCUT2D eigenvalue weighted by atomic mass is 16.2. The summed E-state index contributed by atoms with van der Waals surface area (Å²) >= 11 is 0. The summed E-state index contributed by atoms with van der Waals surface area (Å²) in [6.07, 6.45) is 0.331. The van der Waals surface area contributed by atoms with Gasteiger partial charge in [-0.15, -0.1) is 0 Å². The van der Waals surface area contributed by atoms with Crippen molar-refractivity contribution < 1.29 is 9.59 Å². The fraction of sp³-hybridized carbons (Fsp3) is 0.429. The first-order valence-corrected chi connectivity index (χ1v) is 5.90. The number of benzene rings is 1. The van der Waals surface area contributed by atoms with Gasteiger partial charge in [0.15, 0.2) is 0 Å². The first-order valence-electron chi connectivity index (χ1n) is 5.90. The van der Waals surface area contributed by atoms with Crippen LogP contribution < -0.4 is 0 Å². The average Bonchev–Trinajstić information content (AvgIpc) is 2.31. The molecule has 4 nitrogen and oxygen atoms in total. The molecule has 0 aliphatic carbocycles. The van der Waals surface area contributed by atoms with Gasteiger partial charge in [0.05, 0.1) is 13.0 Å². The molecule has 0 unspecified atom stereocenters. The number of hydrogen-bond donors (Lipinski definition) is 0. The first kappa shape index (κ1) is 14.2. The third kappa shape index (κ3) is 4.20. The molecule has 0 saturated heterocycles. The largest absolute Gasteiger partial charge is 0.347 e. The van der Waals surface area contributed by atoms with E-state index in [0.29, 0.717) is 6.42 Å². The second kappa shape index (κ2) is 6.19. The summed E-state index contributed by atoms with van der Waals surface area (Å²) in [7, 11) is 5.01. The summed E-state index contributed by atoms with van der Waals surface area (Å²) in [6.45, 7) is 2.13. The van der Waals surface area contributed by atoms with Crippen molar-refractivity contribution in [2.75, 3.05) is 27.7 Å². The summed E-state index contributed by atoms with van der Waals surface area (Å²) < 4.78 is 0. The zero-order valence-corrected chi connectivity index (χ0v) is 11.4. The number of amides is 2. The SMILES string of the molecule is Cc1ccc(CC(=O)N(C)CC(=O)N(C)C)cc1. The molecule has 0 aliphatic heterocycles. The standard InChI is InChI=1S/C14H20N2O2/c1-11-5-7-12(8-6-11)9-13(17)16(4)10-14(18)15(2)3/h5-8H,9-10H2,1-4H3. The van der Waals surface area contributed by atoms with E-state index in [1.165, 1.54) is 15.4 Å². The molecule has 0 fully saturated rings. The third-order valence-corrected chi connectivity index (χ3v) is 2.77. The van der Waals surface area contributed by atoms with Gasteiger partial charge in [-0.2, -0.15) is 0 Å². The van der Waals surface area contributed by atoms with E-state index >= 15 is 0 Å². The molecule has 18 heavy (non-hydrogen) atoms. The van der Waals surface area contributed by atoms with Crippen molar-refractivity contribution in [3.63, 3.8) is 0 Å². The highest BCUT2D eigenvalue weighted by molar-refractivity contribution is 5.85. The molecule has 0 saturated carbocycles. The minimum Gasteiger partial charge on any atom is -0.347 e. The van der Waals surface area contributed by atoms with E-state index in [1.54, 1.807) is 21.1 Å². The van der Waals surface area contributed by atoms with Crippen molar-refractivity contribution >= 4 is 11.8 Å². The normalized spacial score (nSPS) is 10.0. The van der Waals surface area contributed by atoms with Gasteiger partial charge in [0, 0.05) is 21.1 Å². The lowest BCUT2D eigenvalue weighted by atomic mass is 10.1. The number of likely N-dealkylation sites (N-methyl/N-ethyl adjacent to an activating group) is 2. The molecule has 1 rings (SSSR count). The number of hydrogen-bond acceptors (Lipinski definition) is 2. The summed E-state index contributed by atoms with van der Waals surface area (Å²) in [5.74, 6) is -0.121. The molecule has 4 heteroatoms. The molecular weight excluding hydrogens is 228 g/mol. The average molecular weight is 248 g/mol. The van der Waals surface area contributed by atoms with Crippen LogP contribution in [0.2, 0.25) is 0 Å². The predicted molar refractivity (Wildman–Crippen MR) is 71.2 cm³/mol. The Kier molecular flexibility index (Phi) is 4.89. The van der Waals surface area contributed by atoms with Gasteiger partial charge >= 0.3 is 0 Å². The molecule has 0 radical (unpaired) electrons. The Bertz CT molecular complexity index is 424. The Balaban J connectivity index is 2.54. The molecule has 0 spiro atoms. The van der Waals surface area contributed by atoms with E-state index < -0.39 is 0 Å². The van der Waals surface area contributed by atoms with Crippen LogP contribution in [0.25, 0.3) is 0 Å². The van der Waals surface area contributed by atoms with Gasteiger partial charge in [0.25, 0.3) is 0 Å². The van der Waals surface area contributed by atoms with Crippen molar-refractivity contribution in [2.45, 2.75) is 13.3 Å². The van der Waals surface area contributed by atoms with Crippen LogP contribution in [0, 0.1) is 6.92 Å². The number of carbonyl (C=O) groups excluding carboxylic acids is 2. The van der Waals surface area contributed by atoms with Crippen LogP contribution in [0.3, 0.4) is 0 Å². The molecule has 0 N–H and O–H groups in total. The smallest absolute Gasteiger partial charge is 0.241 e. The summed E-state index contributed by atoms with van der Waals surface area (Å²) in [5, 5.41) is 0. The molecule has 1 aromatic rings. The maximum atomic E-state index is 11.9. The van der Waals surface area contributed by atoms with Gasteiger partial charge in [-0.05, 0) is 12.5 Å².